The lowest BCUT2D eigenvalue weighted by atomic mass is 10.2. The summed E-state index contributed by atoms with van der Waals surface area (Å²) in [5.74, 6) is 1.14. The third kappa shape index (κ3) is 2.43. The number of H-pyrrole nitrogens is 1. The average Bonchev–Trinajstić information content (AvgIpc) is 3.18. The Morgan fingerprint density at radius 1 is 0.955 bits per heavy atom. The number of aromatic amines is 1. The summed E-state index contributed by atoms with van der Waals surface area (Å²) in [5.41, 5.74) is 3.60. The fourth-order valence-corrected chi connectivity index (χ4v) is 3.53. The Morgan fingerprint density at radius 3 is 2.55 bits per heavy atom. The summed E-state index contributed by atoms with van der Waals surface area (Å²) in [6.07, 6.45) is 0. The molecular formula is C18H14ClN2S+. The maximum absolute atomic E-state index is 5.99. The molecule has 0 atom stereocenters. The number of fused-ring (bicyclic) bond motifs is 1. The first-order chi connectivity index (χ1) is 10.8. The van der Waals surface area contributed by atoms with Gasteiger partial charge in [0.2, 0.25) is 0 Å². The van der Waals surface area contributed by atoms with E-state index in [4.69, 9.17) is 11.6 Å². The first kappa shape index (κ1) is 13.6. The van der Waals surface area contributed by atoms with E-state index in [2.05, 4.69) is 63.5 Å². The number of aromatic nitrogens is 2. The van der Waals surface area contributed by atoms with Gasteiger partial charge in [0.15, 0.2) is 11.0 Å². The molecule has 0 bridgehead atoms. The average molecular weight is 326 g/mol. The fourth-order valence-electron chi connectivity index (χ4n) is 2.67. The Balaban J connectivity index is 1.87. The third-order valence-electron chi connectivity index (χ3n) is 3.73. The molecule has 4 aromatic rings. The number of imidazole rings is 1. The van der Waals surface area contributed by atoms with Crippen molar-refractivity contribution in [1.82, 2.24) is 4.98 Å². The highest BCUT2D eigenvalue weighted by Gasteiger charge is 2.20. The zero-order valence-corrected chi connectivity index (χ0v) is 13.4. The van der Waals surface area contributed by atoms with Gasteiger partial charge in [-0.2, -0.15) is 0 Å². The largest absolute Gasteiger partial charge is 0.298 e. The molecule has 0 spiro atoms. The van der Waals surface area contributed by atoms with Crippen LogP contribution in [0.1, 0.15) is 5.56 Å². The Labute approximate surface area is 137 Å². The number of para-hydroxylation sites is 2. The molecule has 0 unspecified atom stereocenters. The van der Waals surface area contributed by atoms with Crippen molar-refractivity contribution in [2.75, 3.05) is 0 Å². The number of thiophene rings is 1. The van der Waals surface area contributed by atoms with Crippen LogP contribution in [0.25, 0.3) is 21.7 Å². The van der Waals surface area contributed by atoms with Crippen molar-refractivity contribution >= 4 is 34.0 Å². The van der Waals surface area contributed by atoms with Gasteiger partial charge in [-0.05, 0) is 41.3 Å². The lowest BCUT2D eigenvalue weighted by Gasteiger charge is -2.02. The van der Waals surface area contributed by atoms with E-state index < -0.39 is 0 Å². The minimum atomic E-state index is 0.770. The van der Waals surface area contributed by atoms with Crippen LogP contribution in [0.2, 0.25) is 5.02 Å². The van der Waals surface area contributed by atoms with Crippen molar-refractivity contribution in [1.29, 1.82) is 0 Å². The second-order valence-electron chi connectivity index (χ2n) is 5.18. The molecule has 0 aliphatic rings. The maximum Gasteiger partial charge on any atom is 0.298 e. The molecule has 2 aromatic heterocycles. The second kappa shape index (κ2) is 5.59. The highest BCUT2D eigenvalue weighted by molar-refractivity contribution is 7.13. The van der Waals surface area contributed by atoms with Gasteiger partial charge in [0.05, 0.1) is 0 Å². The molecule has 2 nitrogen and oxygen atoms in total. The van der Waals surface area contributed by atoms with Gasteiger partial charge in [0.1, 0.15) is 11.4 Å². The van der Waals surface area contributed by atoms with Crippen LogP contribution in [-0.2, 0) is 6.54 Å². The molecule has 2 aromatic carbocycles. The summed E-state index contributed by atoms with van der Waals surface area (Å²) < 4.78 is 2.32. The molecule has 0 fully saturated rings. The number of benzene rings is 2. The van der Waals surface area contributed by atoms with Gasteiger partial charge in [0, 0.05) is 5.02 Å². The molecule has 2 heterocycles. The zero-order chi connectivity index (χ0) is 14.9. The van der Waals surface area contributed by atoms with Gasteiger partial charge in [-0.15, -0.1) is 11.3 Å². The van der Waals surface area contributed by atoms with Crippen molar-refractivity contribution in [2.45, 2.75) is 6.54 Å². The van der Waals surface area contributed by atoms with Crippen LogP contribution in [0.3, 0.4) is 0 Å². The standard InChI is InChI=1S/C18H13ClN2S/c19-14-9-7-13(8-10-14)12-21-16-5-2-1-4-15(16)20-18(21)17-6-3-11-22-17/h1-11H,12H2/p+1. The van der Waals surface area contributed by atoms with E-state index in [1.54, 1.807) is 11.3 Å². The van der Waals surface area contributed by atoms with E-state index in [1.807, 2.05) is 12.1 Å². The Kier molecular flexibility index (Phi) is 3.45. The summed E-state index contributed by atoms with van der Waals surface area (Å²) >= 11 is 7.74. The van der Waals surface area contributed by atoms with Gasteiger partial charge in [-0.25, -0.2) is 9.55 Å². The van der Waals surface area contributed by atoms with Gasteiger partial charge < -0.3 is 0 Å². The monoisotopic (exact) mass is 325 g/mol. The van der Waals surface area contributed by atoms with Crippen LogP contribution in [0, 0.1) is 0 Å². The van der Waals surface area contributed by atoms with E-state index in [-0.39, 0.29) is 0 Å². The van der Waals surface area contributed by atoms with E-state index >= 15 is 0 Å². The van der Waals surface area contributed by atoms with E-state index in [1.165, 1.54) is 16.0 Å². The number of hydrogen-bond acceptors (Lipinski definition) is 1. The summed E-state index contributed by atoms with van der Waals surface area (Å²) in [6, 6.07) is 20.7. The zero-order valence-electron chi connectivity index (χ0n) is 11.8. The predicted molar refractivity (Wildman–Crippen MR) is 92.4 cm³/mol. The minimum absolute atomic E-state index is 0.770. The minimum Gasteiger partial charge on any atom is -0.236 e. The lowest BCUT2D eigenvalue weighted by molar-refractivity contribution is -0.650. The van der Waals surface area contributed by atoms with Crippen molar-refractivity contribution in [3.8, 4) is 10.7 Å². The predicted octanol–water partition coefficient (Wildman–Crippen LogP) is 4.89. The summed E-state index contributed by atoms with van der Waals surface area (Å²) in [4.78, 5) is 4.79. The Bertz CT molecular complexity index is 908. The topological polar surface area (TPSA) is 19.7 Å². The van der Waals surface area contributed by atoms with E-state index in [0.29, 0.717) is 0 Å². The molecule has 0 radical (unpaired) electrons. The smallest absolute Gasteiger partial charge is 0.236 e. The van der Waals surface area contributed by atoms with Crippen molar-refractivity contribution in [3.05, 3.63) is 76.6 Å². The van der Waals surface area contributed by atoms with Crippen LogP contribution in [0.4, 0.5) is 0 Å². The van der Waals surface area contributed by atoms with Crippen molar-refractivity contribution < 1.29 is 4.57 Å². The first-order valence-corrected chi connectivity index (χ1v) is 8.36. The molecule has 0 amide bonds. The van der Waals surface area contributed by atoms with E-state index in [9.17, 15) is 0 Å². The van der Waals surface area contributed by atoms with Crippen molar-refractivity contribution in [2.24, 2.45) is 0 Å². The molecule has 1 N–H and O–H groups in total. The molecule has 22 heavy (non-hydrogen) atoms. The van der Waals surface area contributed by atoms with Crippen LogP contribution in [0.15, 0.2) is 66.0 Å². The fraction of sp³-hybridized carbons (Fsp3) is 0.0556. The summed E-state index contributed by atoms with van der Waals surface area (Å²) in [7, 11) is 0. The van der Waals surface area contributed by atoms with Gasteiger partial charge in [0.25, 0.3) is 5.82 Å². The highest BCUT2D eigenvalue weighted by atomic mass is 35.5. The van der Waals surface area contributed by atoms with E-state index in [0.717, 1.165) is 22.9 Å². The number of nitrogens with zero attached hydrogens (tertiary/aromatic N) is 1. The van der Waals surface area contributed by atoms with Gasteiger partial charge in [-0.3, -0.25) is 0 Å². The SMILES string of the molecule is Clc1ccc(C[n+]2c(-c3cccs3)[nH]c3ccccc32)cc1. The lowest BCUT2D eigenvalue weighted by Crippen LogP contribution is -2.35. The van der Waals surface area contributed by atoms with Crippen LogP contribution in [-0.4, -0.2) is 4.98 Å². The van der Waals surface area contributed by atoms with Crippen LogP contribution < -0.4 is 4.57 Å². The second-order valence-corrected chi connectivity index (χ2v) is 6.56. The van der Waals surface area contributed by atoms with Crippen LogP contribution in [0.5, 0.6) is 0 Å². The molecular weight excluding hydrogens is 312 g/mol. The number of halogens is 1. The van der Waals surface area contributed by atoms with Gasteiger partial charge in [-0.1, -0.05) is 41.9 Å². The Hall–Kier alpha value is -2.10. The molecule has 108 valence electrons. The number of nitrogens with one attached hydrogen (secondary N) is 1. The first-order valence-electron chi connectivity index (χ1n) is 7.10. The Morgan fingerprint density at radius 2 is 1.77 bits per heavy atom. The normalized spacial score (nSPS) is 11.1. The molecule has 0 saturated heterocycles. The number of hydrogen-bond donors (Lipinski definition) is 1. The molecule has 0 aliphatic heterocycles. The van der Waals surface area contributed by atoms with Gasteiger partial charge >= 0.3 is 0 Å². The maximum atomic E-state index is 5.99. The molecule has 0 saturated carbocycles. The molecule has 4 heteroatoms. The molecule has 0 aliphatic carbocycles. The summed E-state index contributed by atoms with van der Waals surface area (Å²) in [5, 5.41) is 2.87. The van der Waals surface area contributed by atoms with Crippen LogP contribution >= 0.6 is 22.9 Å². The highest BCUT2D eigenvalue weighted by Crippen LogP contribution is 2.23. The third-order valence-corrected chi connectivity index (χ3v) is 4.85. The molecule has 4 rings (SSSR count). The number of rotatable bonds is 3. The summed E-state index contributed by atoms with van der Waals surface area (Å²) in [6.45, 7) is 0.814. The quantitative estimate of drug-likeness (QED) is 0.518. The van der Waals surface area contributed by atoms with Crippen molar-refractivity contribution in [3.63, 3.8) is 0 Å².